The highest BCUT2D eigenvalue weighted by Crippen LogP contribution is 2.17. The van der Waals surface area contributed by atoms with Gasteiger partial charge in [0, 0.05) is 6.42 Å². The number of amides is 1. The molecule has 0 fully saturated rings. The van der Waals surface area contributed by atoms with E-state index in [2.05, 4.69) is 31.3 Å². The number of nitrogens with one attached hydrogen (secondary N) is 1. The Morgan fingerprint density at radius 3 is 1.94 bits per heavy atom. The third kappa shape index (κ3) is 19.4. The first kappa shape index (κ1) is 30.7. The summed E-state index contributed by atoms with van der Waals surface area (Å²) < 4.78 is 5.87. The number of hydrogen-bond acceptors (Lipinski definition) is 3. The molecule has 0 saturated heterocycles. The van der Waals surface area contributed by atoms with Gasteiger partial charge in [-0.05, 0) is 38.0 Å². The summed E-state index contributed by atoms with van der Waals surface area (Å²) in [5, 5.41) is 2.65. The summed E-state index contributed by atoms with van der Waals surface area (Å²) in [5.74, 6) is 0.0295. The van der Waals surface area contributed by atoms with Crippen LogP contribution >= 0.6 is 0 Å². The number of rotatable bonds is 23. The molecule has 0 aromatic rings. The van der Waals surface area contributed by atoms with Crippen molar-refractivity contribution in [1.82, 2.24) is 5.32 Å². The van der Waals surface area contributed by atoms with Crippen LogP contribution in [0.15, 0.2) is 12.2 Å². The van der Waals surface area contributed by atoms with E-state index >= 15 is 0 Å². The quantitative estimate of drug-likeness (QED) is 0.0743. The first-order valence-corrected chi connectivity index (χ1v) is 13.6. The van der Waals surface area contributed by atoms with E-state index in [-0.39, 0.29) is 12.1 Å². The molecule has 0 rings (SSSR count). The third-order valence-electron chi connectivity index (χ3n) is 5.96. The molecular weight excluding hydrogens is 398 g/mol. The first-order chi connectivity index (χ1) is 15.5. The van der Waals surface area contributed by atoms with Gasteiger partial charge in [-0.15, -0.1) is 0 Å². The normalized spacial score (nSPS) is 13.4. The van der Waals surface area contributed by atoms with Crippen LogP contribution < -0.4 is 5.32 Å². The lowest BCUT2D eigenvalue weighted by atomic mass is 10.0. The monoisotopic (exact) mass is 451 g/mol. The second kappa shape index (κ2) is 22.9. The van der Waals surface area contributed by atoms with E-state index in [0.29, 0.717) is 18.7 Å². The van der Waals surface area contributed by atoms with Gasteiger partial charge < -0.3 is 10.1 Å². The molecule has 0 unspecified atom stereocenters. The Hall–Kier alpha value is -1.32. The lowest BCUT2D eigenvalue weighted by Gasteiger charge is -2.22. The summed E-state index contributed by atoms with van der Waals surface area (Å²) >= 11 is 0. The molecule has 2 atom stereocenters. The van der Waals surface area contributed by atoms with Crippen LogP contribution in [0.4, 0.5) is 0 Å². The molecule has 188 valence electrons. The highest BCUT2D eigenvalue weighted by molar-refractivity contribution is 5.78. The molecule has 0 aliphatic carbocycles. The van der Waals surface area contributed by atoms with Gasteiger partial charge in [0.1, 0.15) is 12.1 Å². The Morgan fingerprint density at radius 1 is 0.812 bits per heavy atom. The van der Waals surface area contributed by atoms with Crippen LogP contribution in [0.5, 0.6) is 0 Å². The van der Waals surface area contributed by atoms with Crippen molar-refractivity contribution in [1.29, 1.82) is 0 Å². The number of esters is 1. The molecule has 0 aromatic heterocycles. The summed E-state index contributed by atoms with van der Waals surface area (Å²) in [4.78, 5) is 23.6. The van der Waals surface area contributed by atoms with Crippen LogP contribution in [-0.2, 0) is 14.3 Å². The van der Waals surface area contributed by atoms with Crippen molar-refractivity contribution < 1.29 is 14.3 Å². The number of allylic oxidation sites excluding steroid dienone is 1. The first-order valence-electron chi connectivity index (χ1n) is 13.6. The molecule has 0 aromatic carbocycles. The Balaban J connectivity index is 4.47. The maximum atomic E-state index is 12.7. The van der Waals surface area contributed by atoms with Gasteiger partial charge in [0.25, 0.3) is 0 Å². The lowest BCUT2D eigenvalue weighted by molar-refractivity contribution is -0.153. The molecule has 4 heteroatoms. The topological polar surface area (TPSA) is 55.4 Å². The molecule has 0 aliphatic rings. The molecular formula is C28H53NO3. The van der Waals surface area contributed by atoms with Crippen molar-refractivity contribution in [2.45, 2.75) is 149 Å². The Kier molecular flexibility index (Phi) is 21.9. The molecule has 0 saturated carbocycles. The van der Waals surface area contributed by atoms with Crippen molar-refractivity contribution in [3.8, 4) is 0 Å². The van der Waals surface area contributed by atoms with E-state index in [1.165, 1.54) is 77.0 Å². The summed E-state index contributed by atoms with van der Waals surface area (Å²) in [6.45, 7) is 8.58. The van der Waals surface area contributed by atoms with Gasteiger partial charge in [0.15, 0.2) is 0 Å². The van der Waals surface area contributed by atoms with Crippen LogP contribution in [-0.4, -0.2) is 24.5 Å². The maximum Gasteiger partial charge on any atom is 0.328 e. The van der Waals surface area contributed by atoms with Crippen molar-refractivity contribution >= 4 is 12.4 Å². The highest BCUT2D eigenvalue weighted by atomic mass is 16.5. The van der Waals surface area contributed by atoms with E-state index in [1.54, 1.807) is 0 Å². The molecule has 32 heavy (non-hydrogen) atoms. The third-order valence-corrected chi connectivity index (χ3v) is 5.96. The number of hydrogen-bond donors (Lipinski definition) is 1. The molecule has 1 N–H and O–H groups in total. The van der Waals surface area contributed by atoms with Crippen LogP contribution in [0.1, 0.15) is 137 Å². The maximum absolute atomic E-state index is 12.7. The van der Waals surface area contributed by atoms with Gasteiger partial charge in [-0.3, -0.25) is 4.79 Å². The summed E-state index contributed by atoms with van der Waals surface area (Å²) in [7, 11) is 0. The minimum atomic E-state index is -0.545. The fourth-order valence-electron chi connectivity index (χ4n) is 3.99. The van der Waals surface area contributed by atoms with Crippen LogP contribution in [0.25, 0.3) is 0 Å². The summed E-state index contributed by atoms with van der Waals surface area (Å²) in [6.07, 6.45) is 25.0. The predicted molar refractivity (Wildman–Crippen MR) is 137 cm³/mol. The zero-order valence-electron chi connectivity index (χ0n) is 21.7. The van der Waals surface area contributed by atoms with Gasteiger partial charge in [0.2, 0.25) is 6.41 Å². The minimum Gasteiger partial charge on any atom is -0.461 e. The number of carbonyl (C=O) groups excluding carboxylic acids is 2. The average Bonchev–Trinajstić information content (AvgIpc) is 2.76. The van der Waals surface area contributed by atoms with E-state index in [1.807, 2.05) is 13.8 Å². The minimum absolute atomic E-state index is 0.0953. The molecule has 0 aliphatic heterocycles. The van der Waals surface area contributed by atoms with Crippen molar-refractivity contribution in [3.63, 3.8) is 0 Å². The molecule has 4 nitrogen and oxygen atoms in total. The van der Waals surface area contributed by atoms with Crippen LogP contribution in [0.3, 0.4) is 0 Å². The van der Waals surface area contributed by atoms with Crippen molar-refractivity contribution in [2.24, 2.45) is 5.92 Å². The van der Waals surface area contributed by atoms with E-state index in [0.717, 1.165) is 25.7 Å². The highest BCUT2D eigenvalue weighted by Gasteiger charge is 2.23. The Bertz CT molecular complexity index is 462. The molecule has 0 heterocycles. The smallest absolute Gasteiger partial charge is 0.328 e. The van der Waals surface area contributed by atoms with Crippen LogP contribution in [0, 0.1) is 5.92 Å². The Labute approximate surface area is 199 Å². The zero-order valence-corrected chi connectivity index (χ0v) is 21.7. The second-order valence-electron chi connectivity index (χ2n) is 9.70. The van der Waals surface area contributed by atoms with E-state index < -0.39 is 6.04 Å². The fourth-order valence-corrected chi connectivity index (χ4v) is 3.99. The second-order valence-corrected chi connectivity index (χ2v) is 9.70. The summed E-state index contributed by atoms with van der Waals surface area (Å²) in [6, 6.07) is -0.545. The van der Waals surface area contributed by atoms with Gasteiger partial charge in [0.05, 0.1) is 0 Å². The zero-order chi connectivity index (χ0) is 23.9. The molecule has 0 bridgehead atoms. The van der Waals surface area contributed by atoms with Crippen molar-refractivity contribution in [3.05, 3.63) is 12.2 Å². The van der Waals surface area contributed by atoms with E-state index in [4.69, 9.17) is 4.74 Å². The van der Waals surface area contributed by atoms with E-state index in [9.17, 15) is 9.59 Å². The predicted octanol–water partition coefficient (Wildman–Crippen LogP) is 7.90. The van der Waals surface area contributed by atoms with Crippen LogP contribution in [0.2, 0.25) is 0 Å². The van der Waals surface area contributed by atoms with Gasteiger partial charge in [-0.1, -0.05) is 110 Å². The SMILES string of the molecule is CCCCCC/C=C/C[C@H](CCCCCCCCCCC)OC(=O)[C@H](CC(C)C)NC=O. The lowest BCUT2D eigenvalue weighted by Crippen LogP contribution is -2.40. The molecule has 1 amide bonds. The fraction of sp³-hybridized carbons (Fsp3) is 0.857. The number of unbranched alkanes of at least 4 members (excludes halogenated alkanes) is 12. The largest absolute Gasteiger partial charge is 0.461 e. The van der Waals surface area contributed by atoms with Crippen molar-refractivity contribution in [2.75, 3.05) is 0 Å². The average molecular weight is 452 g/mol. The number of ether oxygens (including phenoxy) is 1. The standard InChI is InChI=1S/C28H53NO3/c1-5-7-9-11-13-14-16-18-20-22-26(21-19-17-15-12-10-8-6-2)32-28(31)27(29-24-30)23-25(3)4/h17,19,24-27H,5-16,18,20-23H2,1-4H3,(H,29,30)/b19-17+/t26-,27+/m1/s1. The van der Waals surface area contributed by atoms with Gasteiger partial charge >= 0.3 is 5.97 Å². The molecule has 0 spiro atoms. The number of carbonyl (C=O) groups is 2. The summed E-state index contributed by atoms with van der Waals surface area (Å²) in [5.41, 5.74) is 0. The van der Waals surface area contributed by atoms with Gasteiger partial charge in [-0.2, -0.15) is 0 Å². The molecule has 0 radical (unpaired) electrons. The van der Waals surface area contributed by atoms with Gasteiger partial charge in [-0.25, -0.2) is 4.79 Å². The Morgan fingerprint density at radius 2 is 1.38 bits per heavy atom.